The molecule has 2 aromatic rings. The van der Waals surface area contributed by atoms with Crippen LogP contribution >= 0.6 is 11.6 Å². The van der Waals surface area contributed by atoms with Crippen LogP contribution in [0.5, 0.6) is 5.75 Å². The van der Waals surface area contributed by atoms with Gasteiger partial charge in [-0.2, -0.15) is 0 Å². The quantitative estimate of drug-likeness (QED) is 0.899. The summed E-state index contributed by atoms with van der Waals surface area (Å²) in [5.41, 5.74) is 5.34. The number of rotatable bonds is 5. The highest BCUT2D eigenvalue weighted by Crippen LogP contribution is 2.24. The first-order valence-corrected chi connectivity index (χ1v) is 5.66. The maximum absolute atomic E-state index is 12.8. The number of halogens is 2. The van der Waals surface area contributed by atoms with Crippen molar-refractivity contribution in [2.75, 3.05) is 6.61 Å². The van der Waals surface area contributed by atoms with Crippen LogP contribution in [0.25, 0.3) is 0 Å². The van der Waals surface area contributed by atoms with E-state index in [1.54, 1.807) is 0 Å². The molecular formula is C11H11ClFN3O2. The van der Waals surface area contributed by atoms with E-state index in [0.717, 1.165) is 0 Å². The zero-order chi connectivity index (χ0) is 13.0. The Bertz CT molecular complexity index is 533. The van der Waals surface area contributed by atoms with Crippen molar-refractivity contribution in [1.29, 1.82) is 0 Å². The van der Waals surface area contributed by atoms with Crippen molar-refractivity contribution < 1.29 is 13.5 Å². The molecule has 0 bridgehead atoms. The molecule has 0 aliphatic carbocycles. The molecule has 18 heavy (non-hydrogen) atoms. The van der Waals surface area contributed by atoms with Crippen LogP contribution in [0.1, 0.15) is 11.8 Å². The topological polar surface area (TPSA) is 74.2 Å². The average Bonchev–Trinajstić information content (AvgIpc) is 2.80. The van der Waals surface area contributed by atoms with E-state index in [-0.39, 0.29) is 11.6 Å². The highest BCUT2D eigenvalue weighted by atomic mass is 35.5. The van der Waals surface area contributed by atoms with E-state index in [9.17, 15) is 4.39 Å². The summed E-state index contributed by atoms with van der Waals surface area (Å²) in [5, 5.41) is 7.73. The van der Waals surface area contributed by atoms with Crippen molar-refractivity contribution >= 4 is 11.6 Å². The third-order valence-electron chi connectivity index (χ3n) is 2.15. The Morgan fingerprint density at radius 2 is 2.11 bits per heavy atom. The van der Waals surface area contributed by atoms with Gasteiger partial charge in [0.25, 0.3) is 0 Å². The van der Waals surface area contributed by atoms with Crippen LogP contribution in [0, 0.1) is 5.82 Å². The van der Waals surface area contributed by atoms with Crippen LogP contribution in [0.3, 0.4) is 0 Å². The molecule has 2 N–H and O–H groups in total. The predicted molar refractivity (Wildman–Crippen MR) is 62.8 cm³/mol. The minimum Gasteiger partial charge on any atom is -0.491 e. The second kappa shape index (κ2) is 5.79. The molecule has 2 rings (SSSR count). The zero-order valence-corrected chi connectivity index (χ0v) is 10.2. The largest absolute Gasteiger partial charge is 0.491 e. The van der Waals surface area contributed by atoms with Crippen LogP contribution in [0.4, 0.5) is 4.39 Å². The monoisotopic (exact) mass is 271 g/mol. The number of hydrogen-bond donors (Lipinski definition) is 1. The van der Waals surface area contributed by atoms with Gasteiger partial charge in [-0.15, -0.1) is 10.2 Å². The summed E-state index contributed by atoms with van der Waals surface area (Å²) in [6.45, 7) is 0.509. The highest BCUT2D eigenvalue weighted by Gasteiger charge is 2.06. The van der Waals surface area contributed by atoms with Gasteiger partial charge in [-0.25, -0.2) is 4.39 Å². The van der Waals surface area contributed by atoms with Gasteiger partial charge in [0.05, 0.1) is 24.6 Å². The molecule has 0 aliphatic rings. The lowest BCUT2D eigenvalue weighted by Gasteiger charge is -2.06. The molecule has 0 aliphatic heterocycles. The molecule has 1 aromatic carbocycles. The average molecular weight is 272 g/mol. The predicted octanol–water partition coefficient (Wildman–Crippen LogP) is 1.94. The Balaban J connectivity index is 1.88. The Labute approximate surface area is 108 Å². The molecule has 0 unspecified atom stereocenters. The van der Waals surface area contributed by atoms with Gasteiger partial charge in [0, 0.05) is 0 Å². The first kappa shape index (κ1) is 12.8. The van der Waals surface area contributed by atoms with Gasteiger partial charge in [-0.1, -0.05) is 11.6 Å². The minimum absolute atomic E-state index is 0.206. The van der Waals surface area contributed by atoms with E-state index >= 15 is 0 Å². The lowest BCUT2D eigenvalue weighted by Crippen LogP contribution is -2.02. The zero-order valence-electron chi connectivity index (χ0n) is 9.40. The molecule has 5 nitrogen and oxygen atoms in total. The molecule has 0 spiro atoms. The van der Waals surface area contributed by atoms with E-state index in [0.29, 0.717) is 30.6 Å². The molecule has 1 heterocycles. The smallest absolute Gasteiger partial charge is 0.230 e. The summed E-state index contributed by atoms with van der Waals surface area (Å²) in [6, 6.07) is 3.94. The summed E-state index contributed by atoms with van der Waals surface area (Å²) < 4.78 is 23.4. The van der Waals surface area contributed by atoms with Crippen LogP contribution in [-0.4, -0.2) is 16.8 Å². The van der Waals surface area contributed by atoms with E-state index in [4.69, 9.17) is 26.5 Å². The lowest BCUT2D eigenvalue weighted by atomic mass is 10.3. The fraction of sp³-hybridized carbons (Fsp3) is 0.273. The normalized spacial score (nSPS) is 10.6. The summed E-state index contributed by atoms with van der Waals surface area (Å²) in [4.78, 5) is 0. The standard InChI is InChI=1S/C11H11ClFN3O2/c12-8-5-7(13)1-2-9(8)17-4-3-10-15-16-11(6-14)18-10/h1-2,5H,3-4,6,14H2. The number of aromatic nitrogens is 2. The number of nitrogens with two attached hydrogens (primary N) is 1. The van der Waals surface area contributed by atoms with E-state index in [2.05, 4.69) is 10.2 Å². The lowest BCUT2D eigenvalue weighted by molar-refractivity contribution is 0.303. The van der Waals surface area contributed by atoms with Gasteiger partial charge < -0.3 is 14.9 Å². The molecule has 0 atom stereocenters. The Hall–Kier alpha value is -1.66. The van der Waals surface area contributed by atoms with Gasteiger partial charge in [0.2, 0.25) is 11.8 Å². The number of benzene rings is 1. The fourth-order valence-corrected chi connectivity index (χ4v) is 1.53. The minimum atomic E-state index is -0.406. The van der Waals surface area contributed by atoms with Crippen LogP contribution in [0.2, 0.25) is 5.02 Å². The molecular weight excluding hydrogens is 261 g/mol. The van der Waals surface area contributed by atoms with Crippen LogP contribution < -0.4 is 10.5 Å². The first-order valence-electron chi connectivity index (χ1n) is 5.28. The Morgan fingerprint density at radius 1 is 1.33 bits per heavy atom. The third kappa shape index (κ3) is 3.18. The van der Waals surface area contributed by atoms with Crippen LogP contribution in [-0.2, 0) is 13.0 Å². The number of nitrogens with zero attached hydrogens (tertiary/aromatic N) is 2. The van der Waals surface area contributed by atoms with Crippen molar-refractivity contribution in [3.63, 3.8) is 0 Å². The van der Waals surface area contributed by atoms with Crippen molar-refractivity contribution in [2.24, 2.45) is 5.73 Å². The van der Waals surface area contributed by atoms with Crippen molar-refractivity contribution in [1.82, 2.24) is 10.2 Å². The van der Waals surface area contributed by atoms with Gasteiger partial charge in [-0.05, 0) is 18.2 Å². The van der Waals surface area contributed by atoms with E-state index in [1.807, 2.05) is 0 Å². The molecule has 0 radical (unpaired) electrons. The SMILES string of the molecule is NCc1nnc(CCOc2ccc(F)cc2Cl)o1. The molecule has 96 valence electrons. The van der Waals surface area contributed by atoms with Crippen molar-refractivity contribution in [3.8, 4) is 5.75 Å². The third-order valence-corrected chi connectivity index (χ3v) is 2.45. The molecule has 0 fully saturated rings. The molecule has 0 saturated carbocycles. The number of hydrogen-bond acceptors (Lipinski definition) is 5. The molecule has 0 saturated heterocycles. The second-order valence-electron chi connectivity index (χ2n) is 3.47. The highest BCUT2D eigenvalue weighted by molar-refractivity contribution is 6.32. The fourth-order valence-electron chi connectivity index (χ4n) is 1.31. The maximum Gasteiger partial charge on any atom is 0.230 e. The van der Waals surface area contributed by atoms with Gasteiger partial charge in [-0.3, -0.25) is 0 Å². The van der Waals surface area contributed by atoms with E-state index < -0.39 is 5.82 Å². The summed E-state index contributed by atoms with van der Waals surface area (Å²) in [6.07, 6.45) is 0.431. The number of ether oxygens (including phenoxy) is 1. The Kier molecular flexibility index (Phi) is 4.11. The van der Waals surface area contributed by atoms with Crippen LogP contribution in [0.15, 0.2) is 22.6 Å². The summed E-state index contributed by atoms with van der Waals surface area (Å²) in [5.74, 6) is 0.826. The van der Waals surface area contributed by atoms with Crippen molar-refractivity contribution in [3.05, 3.63) is 40.8 Å². The molecule has 1 aromatic heterocycles. The first-order chi connectivity index (χ1) is 8.69. The van der Waals surface area contributed by atoms with Crippen molar-refractivity contribution in [2.45, 2.75) is 13.0 Å². The molecule has 0 amide bonds. The summed E-state index contributed by atoms with van der Waals surface area (Å²) >= 11 is 5.80. The molecule has 7 heteroatoms. The summed E-state index contributed by atoms with van der Waals surface area (Å²) in [7, 11) is 0. The van der Waals surface area contributed by atoms with Gasteiger partial charge >= 0.3 is 0 Å². The maximum atomic E-state index is 12.8. The Morgan fingerprint density at radius 3 is 2.78 bits per heavy atom. The van der Waals surface area contributed by atoms with E-state index in [1.165, 1.54) is 18.2 Å². The van der Waals surface area contributed by atoms with Gasteiger partial charge in [0.15, 0.2) is 0 Å². The second-order valence-corrected chi connectivity index (χ2v) is 3.87. The van der Waals surface area contributed by atoms with Gasteiger partial charge in [0.1, 0.15) is 11.6 Å².